The monoisotopic (exact) mass is 220 g/mol. The van der Waals surface area contributed by atoms with Crippen LogP contribution in [-0.4, -0.2) is 17.9 Å². The van der Waals surface area contributed by atoms with Gasteiger partial charge in [-0.1, -0.05) is 17.7 Å². The summed E-state index contributed by atoms with van der Waals surface area (Å²) in [4.78, 5) is 0. The SMILES string of the molecule is Cc1ccc(OCC(F)(F)F)c(CO)c1. The molecule has 5 heteroatoms. The molecule has 0 aliphatic carbocycles. The molecule has 0 atom stereocenters. The lowest BCUT2D eigenvalue weighted by Crippen LogP contribution is -2.19. The predicted molar refractivity (Wildman–Crippen MR) is 48.7 cm³/mol. The molecule has 0 amide bonds. The van der Waals surface area contributed by atoms with E-state index in [0.29, 0.717) is 5.56 Å². The molecular formula is C10H11F3O2. The number of halogens is 3. The first kappa shape index (κ1) is 11.8. The molecule has 0 aliphatic heterocycles. The number of alkyl halides is 3. The molecule has 2 nitrogen and oxygen atoms in total. The van der Waals surface area contributed by atoms with Crippen molar-refractivity contribution >= 4 is 0 Å². The van der Waals surface area contributed by atoms with Gasteiger partial charge in [-0.15, -0.1) is 0 Å². The fraction of sp³-hybridized carbons (Fsp3) is 0.400. The maximum Gasteiger partial charge on any atom is 0.422 e. The highest BCUT2D eigenvalue weighted by molar-refractivity contribution is 5.36. The van der Waals surface area contributed by atoms with Crippen LogP contribution in [0.5, 0.6) is 5.75 Å². The summed E-state index contributed by atoms with van der Waals surface area (Å²) in [7, 11) is 0. The van der Waals surface area contributed by atoms with Crippen LogP contribution in [0.25, 0.3) is 0 Å². The molecule has 0 bridgehead atoms. The minimum absolute atomic E-state index is 0.0698. The van der Waals surface area contributed by atoms with Crippen molar-refractivity contribution in [1.29, 1.82) is 0 Å². The second-order valence-corrected chi connectivity index (χ2v) is 3.17. The van der Waals surface area contributed by atoms with Gasteiger partial charge in [0.2, 0.25) is 0 Å². The zero-order valence-corrected chi connectivity index (χ0v) is 8.14. The number of hydrogen-bond donors (Lipinski definition) is 1. The van der Waals surface area contributed by atoms with Gasteiger partial charge in [0.1, 0.15) is 5.75 Å². The van der Waals surface area contributed by atoms with Crippen LogP contribution in [0, 0.1) is 6.92 Å². The van der Waals surface area contributed by atoms with Crippen LogP contribution in [0.3, 0.4) is 0 Å². The number of hydrogen-bond acceptors (Lipinski definition) is 2. The van der Waals surface area contributed by atoms with E-state index < -0.39 is 12.8 Å². The van der Waals surface area contributed by atoms with E-state index in [2.05, 4.69) is 4.74 Å². The third kappa shape index (κ3) is 3.79. The molecule has 0 unspecified atom stereocenters. The second kappa shape index (κ2) is 4.53. The Bertz CT molecular complexity index is 334. The molecule has 0 aromatic heterocycles. The van der Waals surface area contributed by atoms with Crippen LogP contribution in [0.4, 0.5) is 13.2 Å². The molecule has 0 radical (unpaired) electrons. The summed E-state index contributed by atoms with van der Waals surface area (Å²) in [5, 5.41) is 8.91. The summed E-state index contributed by atoms with van der Waals surface area (Å²) in [5.74, 6) is 0.0698. The van der Waals surface area contributed by atoms with E-state index in [0.717, 1.165) is 5.56 Å². The van der Waals surface area contributed by atoms with Crippen LogP contribution >= 0.6 is 0 Å². The average Bonchev–Trinajstić information content (AvgIpc) is 2.14. The van der Waals surface area contributed by atoms with Gasteiger partial charge in [0.05, 0.1) is 6.61 Å². The zero-order valence-electron chi connectivity index (χ0n) is 8.14. The van der Waals surface area contributed by atoms with E-state index in [9.17, 15) is 13.2 Å². The molecule has 0 saturated carbocycles. The van der Waals surface area contributed by atoms with Crippen LogP contribution in [0.15, 0.2) is 18.2 Å². The second-order valence-electron chi connectivity index (χ2n) is 3.17. The van der Waals surface area contributed by atoms with Crippen molar-refractivity contribution in [3.8, 4) is 5.75 Å². The Morgan fingerprint density at radius 2 is 2.00 bits per heavy atom. The number of aliphatic hydroxyl groups excluding tert-OH is 1. The van der Waals surface area contributed by atoms with Crippen LogP contribution in [0.2, 0.25) is 0 Å². The molecule has 15 heavy (non-hydrogen) atoms. The van der Waals surface area contributed by atoms with Crippen LogP contribution in [0.1, 0.15) is 11.1 Å². The van der Waals surface area contributed by atoms with Gasteiger partial charge in [-0.2, -0.15) is 13.2 Å². The van der Waals surface area contributed by atoms with Crippen molar-refractivity contribution in [2.45, 2.75) is 19.7 Å². The quantitative estimate of drug-likeness (QED) is 0.847. The zero-order chi connectivity index (χ0) is 11.5. The maximum atomic E-state index is 11.9. The topological polar surface area (TPSA) is 29.5 Å². The van der Waals surface area contributed by atoms with Crippen LogP contribution in [-0.2, 0) is 6.61 Å². The van der Waals surface area contributed by atoms with E-state index in [-0.39, 0.29) is 12.4 Å². The lowest BCUT2D eigenvalue weighted by molar-refractivity contribution is -0.153. The Hall–Kier alpha value is -1.23. The first-order valence-electron chi connectivity index (χ1n) is 4.32. The largest absolute Gasteiger partial charge is 0.484 e. The first-order valence-corrected chi connectivity index (χ1v) is 4.32. The van der Waals surface area contributed by atoms with E-state index in [1.807, 2.05) is 0 Å². The first-order chi connectivity index (χ1) is 6.92. The lowest BCUT2D eigenvalue weighted by Gasteiger charge is -2.12. The smallest absolute Gasteiger partial charge is 0.422 e. The highest BCUT2D eigenvalue weighted by Gasteiger charge is 2.28. The number of aryl methyl sites for hydroxylation is 1. The number of benzene rings is 1. The van der Waals surface area contributed by atoms with Gasteiger partial charge in [-0.3, -0.25) is 0 Å². The Morgan fingerprint density at radius 1 is 1.33 bits per heavy atom. The lowest BCUT2D eigenvalue weighted by atomic mass is 10.1. The van der Waals surface area contributed by atoms with Crippen molar-refractivity contribution in [2.75, 3.05) is 6.61 Å². The molecule has 1 N–H and O–H groups in total. The minimum Gasteiger partial charge on any atom is -0.484 e. The third-order valence-electron chi connectivity index (χ3n) is 1.78. The summed E-state index contributed by atoms with van der Waals surface area (Å²) in [6.07, 6.45) is -4.36. The van der Waals surface area contributed by atoms with Crippen molar-refractivity contribution in [1.82, 2.24) is 0 Å². The molecular weight excluding hydrogens is 209 g/mol. The van der Waals surface area contributed by atoms with Gasteiger partial charge in [-0.05, 0) is 13.0 Å². The molecule has 1 aromatic carbocycles. The van der Waals surface area contributed by atoms with Crippen LogP contribution < -0.4 is 4.74 Å². The average molecular weight is 220 g/mol. The van der Waals surface area contributed by atoms with Gasteiger partial charge >= 0.3 is 6.18 Å². The van der Waals surface area contributed by atoms with Gasteiger partial charge < -0.3 is 9.84 Å². The summed E-state index contributed by atoms with van der Waals surface area (Å²) >= 11 is 0. The summed E-state index contributed by atoms with van der Waals surface area (Å²) < 4.78 is 40.2. The third-order valence-corrected chi connectivity index (χ3v) is 1.78. The molecule has 0 aliphatic rings. The molecule has 0 fully saturated rings. The van der Waals surface area contributed by atoms with Crippen molar-refractivity contribution in [3.63, 3.8) is 0 Å². The number of ether oxygens (including phenoxy) is 1. The molecule has 1 aromatic rings. The summed E-state index contributed by atoms with van der Waals surface area (Å²) in [6.45, 7) is 0.102. The highest BCUT2D eigenvalue weighted by atomic mass is 19.4. The maximum absolute atomic E-state index is 11.9. The van der Waals surface area contributed by atoms with E-state index >= 15 is 0 Å². The number of rotatable bonds is 3. The van der Waals surface area contributed by atoms with Gasteiger partial charge in [0, 0.05) is 5.56 Å². The Morgan fingerprint density at radius 3 is 2.53 bits per heavy atom. The molecule has 84 valence electrons. The van der Waals surface area contributed by atoms with Gasteiger partial charge in [-0.25, -0.2) is 0 Å². The Kier molecular flexibility index (Phi) is 3.57. The Labute approximate surface area is 85.3 Å². The molecule has 0 saturated heterocycles. The van der Waals surface area contributed by atoms with Gasteiger partial charge in [0.25, 0.3) is 0 Å². The van der Waals surface area contributed by atoms with Crippen molar-refractivity contribution in [3.05, 3.63) is 29.3 Å². The van der Waals surface area contributed by atoms with E-state index in [1.165, 1.54) is 6.07 Å². The minimum atomic E-state index is -4.36. The highest BCUT2D eigenvalue weighted by Crippen LogP contribution is 2.23. The standard InChI is InChI=1S/C10H11F3O2/c1-7-2-3-9(8(4-7)5-14)15-6-10(11,12)13/h2-4,14H,5-6H2,1H3. The summed E-state index contributed by atoms with van der Waals surface area (Å²) in [5.41, 5.74) is 1.22. The molecule has 0 spiro atoms. The number of aliphatic hydroxyl groups is 1. The molecule has 1 rings (SSSR count). The van der Waals surface area contributed by atoms with Crippen molar-refractivity contribution in [2.24, 2.45) is 0 Å². The summed E-state index contributed by atoms with van der Waals surface area (Å²) in [6, 6.07) is 4.64. The predicted octanol–water partition coefficient (Wildman–Crippen LogP) is 2.43. The van der Waals surface area contributed by atoms with Crippen molar-refractivity contribution < 1.29 is 23.0 Å². The molecule has 0 heterocycles. The van der Waals surface area contributed by atoms with E-state index in [4.69, 9.17) is 5.11 Å². The fourth-order valence-electron chi connectivity index (χ4n) is 1.13. The fourth-order valence-corrected chi connectivity index (χ4v) is 1.13. The van der Waals surface area contributed by atoms with Gasteiger partial charge in [0.15, 0.2) is 6.61 Å². The Balaban J connectivity index is 2.76. The van der Waals surface area contributed by atoms with E-state index in [1.54, 1.807) is 19.1 Å². The normalized spacial score (nSPS) is 11.5.